The Morgan fingerprint density at radius 1 is 1.53 bits per heavy atom. The first kappa shape index (κ1) is 11.7. The number of primary amides is 1. The third-order valence-corrected chi connectivity index (χ3v) is 2.74. The fourth-order valence-electron chi connectivity index (χ4n) is 1.88. The summed E-state index contributed by atoms with van der Waals surface area (Å²) in [6.45, 7) is 1.04. The molecule has 2 rings (SSSR count). The predicted octanol–water partition coefficient (Wildman–Crippen LogP) is 0.0984. The van der Waals surface area contributed by atoms with Crippen LogP contribution < -0.4 is 16.4 Å². The molecule has 0 spiro atoms. The standard InChI is InChI=1S/C11H14FN3O2/c12-8-5-7(13)1-2-9(8)15-3-4-17-6-10(15)11(14)16/h1-2,5,10H,3-4,6,13H2,(H2,14,16). The number of halogens is 1. The minimum atomic E-state index is -0.637. The van der Waals surface area contributed by atoms with Crippen LogP contribution in [0.2, 0.25) is 0 Å². The van der Waals surface area contributed by atoms with Gasteiger partial charge in [-0.1, -0.05) is 0 Å². The highest BCUT2D eigenvalue weighted by molar-refractivity contribution is 5.84. The summed E-state index contributed by atoms with van der Waals surface area (Å²) in [5.74, 6) is -0.987. The van der Waals surface area contributed by atoms with E-state index in [-0.39, 0.29) is 6.61 Å². The fourth-order valence-corrected chi connectivity index (χ4v) is 1.88. The van der Waals surface area contributed by atoms with E-state index < -0.39 is 17.8 Å². The monoisotopic (exact) mass is 239 g/mol. The van der Waals surface area contributed by atoms with E-state index in [2.05, 4.69) is 0 Å². The number of morpholine rings is 1. The van der Waals surface area contributed by atoms with Crippen LogP contribution in [0.1, 0.15) is 0 Å². The van der Waals surface area contributed by atoms with Crippen molar-refractivity contribution in [2.24, 2.45) is 5.73 Å². The second-order valence-corrected chi connectivity index (χ2v) is 3.90. The van der Waals surface area contributed by atoms with E-state index in [4.69, 9.17) is 16.2 Å². The number of rotatable bonds is 2. The zero-order valence-electron chi connectivity index (χ0n) is 9.23. The lowest BCUT2D eigenvalue weighted by Crippen LogP contribution is -2.53. The Balaban J connectivity index is 2.32. The van der Waals surface area contributed by atoms with Gasteiger partial charge >= 0.3 is 0 Å². The van der Waals surface area contributed by atoms with Crippen LogP contribution in [0.15, 0.2) is 18.2 Å². The molecule has 0 aromatic heterocycles. The Kier molecular flexibility index (Phi) is 3.14. The Morgan fingerprint density at radius 3 is 2.94 bits per heavy atom. The molecule has 92 valence electrons. The lowest BCUT2D eigenvalue weighted by molar-refractivity contribution is -0.121. The smallest absolute Gasteiger partial charge is 0.242 e. The number of ether oxygens (including phenoxy) is 1. The molecule has 17 heavy (non-hydrogen) atoms. The molecule has 1 aliphatic heterocycles. The number of nitrogens with zero attached hydrogens (tertiary/aromatic N) is 1. The summed E-state index contributed by atoms with van der Waals surface area (Å²) in [6, 6.07) is 3.72. The Bertz CT molecular complexity index is 439. The van der Waals surface area contributed by atoms with Crippen molar-refractivity contribution >= 4 is 17.3 Å². The van der Waals surface area contributed by atoms with Crippen LogP contribution in [0.5, 0.6) is 0 Å². The summed E-state index contributed by atoms with van der Waals surface area (Å²) < 4.78 is 18.9. The largest absolute Gasteiger partial charge is 0.399 e. The molecule has 1 saturated heterocycles. The van der Waals surface area contributed by atoms with Crippen molar-refractivity contribution in [3.05, 3.63) is 24.0 Å². The van der Waals surface area contributed by atoms with Crippen molar-refractivity contribution in [3.8, 4) is 0 Å². The molecular formula is C11H14FN3O2. The number of nitrogen functional groups attached to an aromatic ring is 1. The third kappa shape index (κ3) is 2.31. The predicted molar refractivity (Wildman–Crippen MR) is 62.0 cm³/mol. The van der Waals surface area contributed by atoms with Crippen LogP contribution in [0.4, 0.5) is 15.8 Å². The van der Waals surface area contributed by atoms with Crippen LogP contribution >= 0.6 is 0 Å². The molecule has 1 aromatic rings. The van der Waals surface area contributed by atoms with E-state index in [0.717, 1.165) is 0 Å². The maximum atomic E-state index is 13.8. The van der Waals surface area contributed by atoms with E-state index in [1.165, 1.54) is 6.07 Å². The summed E-state index contributed by atoms with van der Waals surface area (Å²) in [5, 5.41) is 0. The van der Waals surface area contributed by atoms with E-state index in [0.29, 0.717) is 24.5 Å². The quantitative estimate of drug-likeness (QED) is 0.717. The molecule has 0 radical (unpaired) electrons. The van der Waals surface area contributed by atoms with E-state index in [1.807, 2.05) is 0 Å². The zero-order chi connectivity index (χ0) is 12.4. The summed E-state index contributed by atoms with van der Waals surface area (Å²) in [6.07, 6.45) is 0. The third-order valence-electron chi connectivity index (χ3n) is 2.74. The van der Waals surface area contributed by atoms with E-state index >= 15 is 0 Å². The minimum absolute atomic E-state index is 0.180. The molecule has 1 heterocycles. The summed E-state index contributed by atoms with van der Waals surface area (Å²) in [5.41, 5.74) is 11.4. The molecule has 1 unspecified atom stereocenters. The molecule has 1 amide bonds. The van der Waals surface area contributed by atoms with Gasteiger partial charge in [0.1, 0.15) is 11.9 Å². The molecule has 1 fully saturated rings. The molecule has 1 atom stereocenters. The van der Waals surface area contributed by atoms with Crippen molar-refractivity contribution in [1.82, 2.24) is 0 Å². The molecule has 5 nitrogen and oxygen atoms in total. The van der Waals surface area contributed by atoms with Gasteiger partial charge in [-0.2, -0.15) is 0 Å². The number of anilines is 2. The van der Waals surface area contributed by atoms with Gasteiger partial charge < -0.3 is 21.1 Å². The zero-order valence-corrected chi connectivity index (χ0v) is 9.23. The summed E-state index contributed by atoms with van der Waals surface area (Å²) >= 11 is 0. The molecule has 0 bridgehead atoms. The van der Waals surface area contributed by atoms with Crippen molar-refractivity contribution in [2.75, 3.05) is 30.4 Å². The van der Waals surface area contributed by atoms with Crippen LogP contribution in [-0.4, -0.2) is 31.7 Å². The first-order valence-corrected chi connectivity index (χ1v) is 5.28. The second-order valence-electron chi connectivity index (χ2n) is 3.90. The molecule has 1 aromatic carbocycles. The van der Waals surface area contributed by atoms with Gasteiger partial charge in [-0.15, -0.1) is 0 Å². The maximum Gasteiger partial charge on any atom is 0.242 e. The highest BCUT2D eigenvalue weighted by Gasteiger charge is 2.29. The van der Waals surface area contributed by atoms with Gasteiger partial charge in [0.15, 0.2) is 0 Å². The van der Waals surface area contributed by atoms with Gasteiger partial charge in [0.2, 0.25) is 5.91 Å². The van der Waals surface area contributed by atoms with E-state index in [1.54, 1.807) is 17.0 Å². The molecule has 0 aliphatic carbocycles. The second kappa shape index (κ2) is 4.58. The number of amides is 1. The van der Waals surface area contributed by atoms with Crippen molar-refractivity contribution in [1.29, 1.82) is 0 Å². The van der Waals surface area contributed by atoms with Crippen LogP contribution in [0.3, 0.4) is 0 Å². The van der Waals surface area contributed by atoms with Crippen LogP contribution in [0.25, 0.3) is 0 Å². The number of carbonyl (C=O) groups excluding carboxylic acids is 1. The average molecular weight is 239 g/mol. The average Bonchev–Trinajstić information content (AvgIpc) is 2.29. The summed E-state index contributed by atoms with van der Waals surface area (Å²) in [4.78, 5) is 12.9. The van der Waals surface area contributed by atoms with Crippen molar-refractivity contribution in [3.63, 3.8) is 0 Å². The number of nitrogens with two attached hydrogens (primary N) is 2. The number of carbonyl (C=O) groups is 1. The lowest BCUT2D eigenvalue weighted by atomic mass is 10.1. The molecule has 6 heteroatoms. The van der Waals surface area contributed by atoms with Gasteiger partial charge in [0, 0.05) is 12.2 Å². The Labute approximate surface area is 98.1 Å². The first-order chi connectivity index (χ1) is 8.09. The number of benzene rings is 1. The SMILES string of the molecule is NC(=O)C1COCCN1c1ccc(N)cc1F. The maximum absolute atomic E-state index is 13.8. The molecule has 0 saturated carbocycles. The van der Waals surface area contributed by atoms with Gasteiger partial charge in [-0.05, 0) is 18.2 Å². The van der Waals surface area contributed by atoms with Crippen molar-refractivity contribution in [2.45, 2.75) is 6.04 Å². The van der Waals surface area contributed by atoms with Crippen molar-refractivity contribution < 1.29 is 13.9 Å². The molecule has 4 N–H and O–H groups in total. The number of hydrogen-bond acceptors (Lipinski definition) is 4. The fraction of sp³-hybridized carbons (Fsp3) is 0.364. The van der Waals surface area contributed by atoms with Crippen LogP contribution in [-0.2, 0) is 9.53 Å². The summed E-state index contributed by atoms with van der Waals surface area (Å²) in [7, 11) is 0. The highest BCUT2D eigenvalue weighted by atomic mass is 19.1. The Morgan fingerprint density at radius 2 is 2.29 bits per heavy atom. The first-order valence-electron chi connectivity index (χ1n) is 5.28. The topological polar surface area (TPSA) is 81.6 Å². The minimum Gasteiger partial charge on any atom is -0.399 e. The normalized spacial score (nSPS) is 20.3. The van der Waals surface area contributed by atoms with Gasteiger partial charge in [-0.3, -0.25) is 4.79 Å². The molecule has 1 aliphatic rings. The van der Waals surface area contributed by atoms with E-state index in [9.17, 15) is 9.18 Å². The van der Waals surface area contributed by atoms with Gasteiger partial charge in [0.05, 0.1) is 18.9 Å². The number of hydrogen-bond donors (Lipinski definition) is 2. The van der Waals surface area contributed by atoms with Crippen LogP contribution in [0, 0.1) is 5.82 Å². The van der Waals surface area contributed by atoms with Gasteiger partial charge in [0.25, 0.3) is 0 Å². The lowest BCUT2D eigenvalue weighted by Gasteiger charge is -2.35. The Hall–Kier alpha value is -1.82. The highest BCUT2D eigenvalue weighted by Crippen LogP contribution is 2.24. The molecular weight excluding hydrogens is 225 g/mol. The van der Waals surface area contributed by atoms with Gasteiger partial charge in [-0.25, -0.2) is 4.39 Å².